The van der Waals surface area contributed by atoms with E-state index in [4.69, 9.17) is 4.42 Å². The quantitative estimate of drug-likeness (QED) is 0.734. The number of hydrogen-bond donors (Lipinski definition) is 0. The van der Waals surface area contributed by atoms with E-state index in [0.29, 0.717) is 19.5 Å². The van der Waals surface area contributed by atoms with Crippen LogP contribution in [0.1, 0.15) is 18.9 Å². The minimum absolute atomic E-state index is 0.353. The summed E-state index contributed by atoms with van der Waals surface area (Å²) >= 11 is 0. The molecule has 1 fully saturated rings. The molecule has 4 heteroatoms. The molecule has 0 spiro atoms. The van der Waals surface area contributed by atoms with Gasteiger partial charge in [0.05, 0.1) is 24.5 Å². The largest absolute Gasteiger partial charge is 0.472 e. The standard InChI is InChI=1S/C21H23FN2O/c1-3-19(12-23)21(2)9-10-24(14-20(21)22)13-16-4-6-17(7-5-16)18-8-11-25-15-18/h3-8,11,15,19-20H,1,9-10,13-14H2,2H3. The molecule has 3 atom stereocenters. The summed E-state index contributed by atoms with van der Waals surface area (Å²) < 4.78 is 19.9. The number of furan rings is 1. The third-order valence-corrected chi connectivity index (χ3v) is 5.40. The Bertz CT molecular complexity index is 747. The van der Waals surface area contributed by atoms with Crippen molar-refractivity contribution in [2.24, 2.45) is 11.3 Å². The first-order chi connectivity index (χ1) is 12.1. The van der Waals surface area contributed by atoms with Crippen molar-refractivity contribution < 1.29 is 8.81 Å². The molecule has 3 rings (SSSR count). The zero-order valence-electron chi connectivity index (χ0n) is 14.5. The molecule has 0 N–H and O–H groups in total. The second-order valence-electron chi connectivity index (χ2n) is 7.01. The van der Waals surface area contributed by atoms with Gasteiger partial charge in [-0.2, -0.15) is 5.26 Å². The van der Waals surface area contributed by atoms with Gasteiger partial charge in [-0.3, -0.25) is 4.90 Å². The van der Waals surface area contributed by atoms with Gasteiger partial charge in [-0.05, 0) is 30.2 Å². The summed E-state index contributed by atoms with van der Waals surface area (Å²) in [4.78, 5) is 2.12. The van der Waals surface area contributed by atoms with Crippen LogP contribution >= 0.6 is 0 Å². The second kappa shape index (κ2) is 7.25. The summed E-state index contributed by atoms with van der Waals surface area (Å²) in [5, 5.41) is 9.26. The zero-order valence-corrected chi connectivity index (χ0v) is 14.5. The SMILES string of the molecule is C=CC(C#N)C1(C)CCN(Cc2ccc(-c3ccoc3)cc2)CC1F. The first-order valence-corrected chi connectivity index (χ1v) is 8.57. The smallest absolute Gasteiger partial charge is 0.120 e. The normalized spacial score (nSPS) is 25.2. The van der Waals surface area contributed by atoms with Crippen molar-refractivity contribution in [3.63, 3.8) is 0 Å². The van der Waals surface area contributed by atoms with E-state index in [1.807, 2.05) is 13.0 Å². The lowest BCUT2D eigenvalue weighted by atomic mass is 9.69. The molecule has 3 unspecified atom stereocenters. The number of piperidine rings is 1. The summed E-state index contributed by atoms with van der Waals surface area (Å²) in [6.45, 7) is 7.41. The number of allylic oxidation sites excluding steroid dienone is 1. The predicted octanol–water partition coefficient (Wildman–Crippen LogP) is 4.82. The maximum Gasteiger partial charge on any atom is 0.120 e. The second-order valence-corrected chi connectivity index (χ2v) is 7.01. The van der Waals surface area contributed by atoms with Gasteiger partial charge >= 0.3 is 0 Å². The molecule has 0 saturated carbocycles. The maximum atomic E-state index is 14.8. The molecular weight excluding hydrogens is 315 g/mol. The van der Waals surface area contributed by atoms with E-state index < -0.39 is 17.5 Å². The highest BCUT2D eigenvalue weighted by Crippen LogP contribution is 2.41. The lowest BCUT2D eigenvalue weighted by molar-refractivity contribution is 0.000846. The average molecular weight is 338 g/mol. The number of halogens is 1. The van der Waals surface area contributed by atoms with Gasteiger partial charge in [-0.15, -0.1) is 6.58 Å². The van der Waals surface area contributed by atoms with Crippen LogP contribution in [0.15, 0.2) is 59.9 Å². The summed E-state index contributed by atoms with van der Waals surface area (Å²) in [5.74, 6) is -0.445. The maximum absolute atomic E-state index is 14.8. The van der Waals surface area contributed by atoms with E-state index in [2.05, 4.69) is 41.8 Å². The summed E-state index contributed by atoms with van der Waals surface area (Å²) in [6, 6.07) is 12.4. The molecule has 1 saturated heterocycles. The summed E-state index contributed by atoms with van der Waals surface area (Å²) in [5.41, 5.74) is 2.67. The topological polar surface area (TPSA) is 40.2 Å². The lowest BCUT2D eigenvalue weighted by Gasteiger charge is -2.43. The minimum Gasteiger partial charge on any atom is -0.472 e. The minimum atomic E-state index is -1.03. The fourth-order valence-corrected chi connectivity index (χ4v) is 3.54. The van der Waals surface area contributed by atoms with Crippen LogP contribution in [0.4, 0.5) is 4.39 Å². The van der Waals surface area contributed by atoms with E-state index in [1.165, 1.54) is 0 Å². The number of alkyl halides is 1. The third kappa shape index (κ3) is 3.52. The van der Waals surface area contributed by atoms with Crippen molar-refractivity contribution in [1.82, 2.24) is 4.90 Å². The average Bonchev–Trinajstić information content (AvgIpc) is 3.15. The Balaban J connectivity index is 1.64. The number of rotatable bonds is 5. The molecule has 1 aliphatic rings. The van der Waals surface area contributed by atoms with Crippen LogP contribution in [0, 0.1) is 22.7 Å². The van der Waals surface area contributed by atoms with Crippen LogP contribution in [0.3, 0.4) is 0 Å². The molecule has 0 amide bonds. The van der Waals surface area contributed by atoms with Gasteiger partial charge in [-0.25, -0.2) is 4.39 Å². The molecule has 0 bridgehead atoms. The first kappa shape index (κ1) is 17.4. The summed E-state index contributed by atoms with van der Waals surface area (Å²) in [7, 11) is 0. The molecular formula is C21H23FN2O. The van der Waals surface area contributed by atoms with Gasteiger partial charge < -0.3 is 4.42 Å². The van der Waals surface area contributed by atoms with Gasteiger partial charge in [0.25, 0.3) is 0 Å². The van der Waals surface area contributed by atoms with E-state index in [9.17, 15) is 9.65 Å². The number of likely N-dealkylation sites (tertiary alicyclic amines) is 1. The molecule has 2 heterocycles. The van der Waals surface area contributed by atoms with Crippen LogP contribution in [0.5, 0.6) is 0 Å². The summed E-state index contributed by atoms with van der Waals surface area (Å²) in [6.07, 6.45) is 4.59. The van der Waals surface area contributed by atoms with Gasteiger partial charge in [0, 0.05) is 24.1 Å². The van der Waals surface area contributed by atoms with E-state index in [0.717, 1.165) is 23.2 Å². The Hall–Kier alpha value is -2.38. The van der Waals surface area contributed by atoms with Crippen molar-refractivity contribution in [3.8, 4) is 17.2 Å². The molecule has 25 heavy (non-hydrogen) atoms. The Morgan fingerprint density at radius 2 is 2.16 bits per heavy atom. The molecule has 1 aromatic carbocycles. The molecule has 1 aliphatic heterocycles. The molecule has 2 aromatic rings. The highest BCUT2D eigenvalue weighted by molar-refractivity contribution is 5.62. The van der Waals surface area contributed by atoms with Crippen LogP contribution in [-0.2, 0) is 6.54 Å². The van der Waals surface area contributed by atoms with Crippen molar-refractivity contribution in [1.29, 1.82) is 5.26 Å². The van der Waals surface area contributed by atoms with E-state index >= 15 is 0 Å². The zero-order chi connectivity index (χ0) is 17.9. The van der Waals surface area contributed by atoms with Gasteiger partial charge in [0.15, 0.2) is 0 Å². The van der Waals surface area contributed by atoms with Crippen LogP contribution in [-0.4, -0.2) is 24.2 Å². The molecule has 1 aromatic heterocycles. The molecule has 0 aliphatic carbocycles. The Labute approximate surface area is 148 Å². The number of nitrogens with zero attached hydrogens (tertiary/aromatic N) is 2. The first-order valence-electron chi connectivity index (χ1n) is 8.57. The molecule has 3 nitrogen and oxygen atoms in total. The van der Waals surface area contributed by atoms with Gasteiger partial charge in [-0.1, -0.05) is 37.3 Å². The fraction of sp³-hybridized carbons (Fsp3) is 0.381. The van der Waals surface area contributed by atoms with E-state index in [1.54, 1.807) is 18.6 Å². The fourth-order valence-electron chi connectivity index (χ4n) is 3.54. The van der Waals surface area contributed by atoms with Crippen LogP contribution in [0.25, 0.3) is 11.1 Å². The number of hydrogen-bond acceptors (Lipinski definition) is 3. The van der Waals surface area contributed by atoms with Crippen molar-refractivity contribution >= 4 is 0 Å². The van der Waals surface area contributed by atoms with Crippen molar-refractivity contribution in [2.45, 2.75) is 26.1 Å². The van der Waals surface area contributed by atoms with Crippen molar-refractivity contribution in [2.75, 3.05) is 13.1 Å². The van der Waals surface area contributed by atoms with Crippen LogP contribution in [0.2, 0.25) is 0 Å². The number of nitriles is 1. The molecule has 130 valence electrons. The molecule has 0 radical (unpaired) electrons. The van der Waals surface area contributed by atoms with E-state index in [-0.39, 0.29) is 0 Å². The Morgan fingerprint density at radius 1 is 1.40 bits per heavy atom. The predicted molar refractivity (Wildman–Crippen MR) is 96.3 cm³/mol. The van der Waals surface area contributed by atoms with Gasteiger partial charge in [0.1, 0.15) is 6.17 Å². The highest BCUT2D eigenvalue weighted by Gasteiger charge is 2.44. The third-order valence-electron chi connectivity index (χ3n) is 5.40. The monoisotopic (exact) mass is 338 g/mol. The Kier molecular flexibility index (Phi) is 5.06. The van der Waals surface area contributed by atoms with Gasteiger partial charge in [0.2, 0.25) is 0 Å². The van der Waals surface area contributed by atoms with Crippen molar-refractivity contribution in [3.05, 3.63) is 61.1 Å². The Morgan fingerprint density at radius 3 is 2.72 bits per heavy atom. The lowest BCUT2D eigenvalue weighted by Crippen LogP contribution is -2.50. The highest BCUT2D eigenvalue weighted by atomic mass is 19.1. The number of benzene rings is 1. The van der Waals surface area contributed by atoms with Crippen LogP contribution < -0.4 is 0 Å².